The second-order valence-electron chi connectivity index (χ2n) is 4.91. The number of anilines is 1. The average Bonchev–Trinajstić information content (AvgIpc) is 3.03. The Morgan fingerprint density at radius 2 is 2.24 bits per heavy atom. The monoisotopic (exact) mass is 285 g/mol. The Labute approximate surface area is 120 Å². The number of aromatic nitrogens is 3. The molecule has 0 aliphatic carbocycles. The first-order chi connectivity index (χ1) is 10.0. The molecule has 1 aromatic carbocycles. The topological polar surface area (TPSA) is 101 Å². The van der Waals surface area contributed by atoms with E-state index in [-0.39, 0.29) is 11.7 Å². The van der Waals surface area contributed by atoms with Crippen molar-refractivity contribution in [1.29, 1.82) is 0 Å². The van der Waals surface area contributed by atoms with Crippen LogP contribution in [-0.2, 0) is 6.54 Å². The predicted octanol–water partition coefficient (Wildman–Crippen LogP) is 1.71. The van der Waals surface area contributed by atoms with Crippen LogP contribution in [0.1, 0.15) is 22.2 Å². The second-order valence-corrected chi connectivity index (χ2v) is 4.91. The molecule has 0 aliphatic heterocycles. The minimum absolute atomic E-state index is 0.229. The van der Waals surface area contributed by atoms with Crippen molar-refractivity contribution in [2.45, 2.75) is 13.5 Å². The Bertz CT molecular complexity index is 805. The summed E-state index contributed by atoms with van der Waals surface area (Å²) >= 11 is 0. The van der Waals surface area contributed by atoms with Gasteiger partial charge < -0.3 is 15.1 Å². The lowest BCUT2D eigenvalue weighted by atomic mass is 10.2. The van der Waals surface area contributed by atoms with E-state index in [0.717, 1.165) is 5.39 Å². The normalized spacial score (nSPS) is 11.0. The van der Waals surface area contributed by atoms with Gasteiger partial charge in [-0.05, 0) is 31.2 Å². The van der Waals surface area contributed by atoms with Crippen LogP contribution >= 0.6 is 0 Å². The van der Waals surface area contributed by atoms with Gasteiger partial charge in [-0.2, -0.15) is 5.10 Å². The fourth-order valence-corrected chi connectivity index (χ4v) is 2.10. The number of hydrogen-bond acceptors (Lipinski definition) is 5. The van der Waals surface area contributed by atoms with Crippen molar-refractivity contribution in [3.63, 3.8) is 0 Å². The van der Waals surface area contributed by atoms with E-state index in [2.05, 4.69) is 15.2 Å². The van der Waals surface area contributed by atoms with Crippen LogP contribution in [0.4, 0.5) is 5.69 Å². The second kappa shape index (κ2) is 4.93. The van der Waals surface area contributed by atoms with Crippen LogP contribution in [0.3, 0.4) is 0 Å². The molecule has 108 valence electrons. The summed E-state index contributed by atoms with van der Waals surface area (Å²) in [4.78, 5) is 18.0. The van der Waals surface area contributed by atoms with Crippen LogP contribution in [0.5, 0.6) is 0 Å². The quantitative estimate of drug-likeness (QED) is 0.713. The van der Waals surface area contributed by atoms with E-state index >= 15 is 0 Å². The predicted molar refractivity (Wildman–Crippen MR) is 77.5 cm³/mol. The molecule has 0 atom stereocenters. The smallest absolute Gasteiger partial charge is 0.289 e. The molecule has 0 unspecified atom stereocenters. The number of nitrogen functional groups attached to an aromatic ring is 1. The summed E-state index contributed by atoms with van der Waals surface area (Å²) < 4.78 is 5.55. The van der Waals surface area contributed by atoms with Crippen molar-refractivity contribution in [3.05, 3.63) is 41.7 Å². The van der Waals surface area contributed by atoms with Gasteiger partial charge in [0.05, 0.1) is 6.54 Å². The zero-order valence-corrected chi connectivity index (χ0v) is 11.8. The third kappa shape index (κ3) is 2.58. The number of nitrogens with one attached hydrogen (secondary N) is 1. The number of benzene rings is 1. The summed E-state index contributed by atoms with van der Waals surface area (Å²) in [5.74, 6) is 1.31. The van der Waals surface area contributed by atoms with Crippen molar-refractivity contribution in [3.8, 4) is 0 Å². The van der Waals surface area contributed by atoms with E-state index in [9.17, 15) is 4.79 Å². The summed E-state index contributed by atoms with van der Waals surface area (Å²) in [5.41, 5.74) is 6.98. The minimum Gasteiger partial charge on any atom is -0.451 e. The largest absolute Gasteiger partial charge is 0.451 e. The zero-order chi connectivity index (χ0) is 15.0. The van der Waals surface area contributed by atoms with Crippen LogP contribution < -0.4 is 5.73 Å². The number of aromatic amines is 1. The maximum Gasteiger partial charge on any atom is 0.289 e. The van der Waals surface area contributed by atoms with Crippen molar-refractivity contribution in [2.75, 3.05) is 12.8 Å². The van der Waals surface area contributed by atoms with Crippen molar-refractivity contribution in [2.24, 2.45) is 0 Å². The maximum atomic E-state index is 12.3. The van der Waals surface area contributed by atoms with Gasteiger partial charge in [0.1, 0.15) is 11.4 Å². The number of nitrogens with zero attached hydrogens (tertiary/aromatic N) is 3. The molecule has 0 saturated heterocycles. The summed E-state index contributed by atoms with van der Waals surface area (Å²) in [6.07, 6.45) is 0. The lowest BCUT2D eigenvalue weighted by Crippen LogP contribution is -2.26. The van der Waals surface area contributed by atoms with Gasteiger partial charge in [-0.3, -0.25) is 9.89 Å². The highest BCUT2D eigenvalue weighted by Crippen LogP contribution is 2.22. The van der Waals surface area contributed by atoms with Crippen LogP contribution in [0.15, 0.2) is 28.7 Å². The number of nitrogens with two attached hydrogens (primary N) is 1. The summed E-state index contributed by atoms with van der Waals surface area (Å²) in [6, 6.07) is 6.95. The number of fused-ring (bicyclic) bond motifs is 1. The van der Waals surface area contributed by atoms with Crippen molar-refractivity contribution >= 4 is 22.6 Å². The molecule has 0 fully saturated rings. The molecular weight excluding hydrogens is 270 g/mol. The number of carbonyl (C=O) groups excluding carboxylic acids is 1. The van der Waals surface area contributed by atoms with Crippen LogP contribution in [-0.4, -0.2) is 33.0 Å². The zero-order valence-electron chi connectivity index (χ0n) is 11.8. The lowest BCUT2D eigenvalue weighted by molar-refractivity contribution is 0.0752. The fourth-order valence-electron chi connectivity index (χ4n) is 2.10. The molecule has 2 aromatic heterocycles. The molecule has 7 nitrogen and oxygen atoms in total. The van der Waals surface area contributed by atoms with Crippen LogP contribution in [0.25, 0.3) is 11.0 Å². The molecule has 2 heterocycles. The highest BCUT2D eigenvalue weighted by atomic mass is 16.3. The molecule has 3 rings (SSSR count). The summed E-state index contributed by atoms with van der Waals surface area (Å²) in [5, 5.41) is 7.56. The third-order valence-electron chi connectivity index (χ3n) is 3.12. The van der Waals surface area contributed by atoms with Gasteiger partial charge in [0.15, 0.2) is 11.6 Å². The highest BCUT2D eigenvalue weighted by molar-refractivity contribution is 5.96. The summed E-state index contributed by atoms with van der Waals surface area (Å²) in [7, 11) is 1.68. The van der Waals surface area contributed by atoms with Gasteiger partial charge >= 0.3 is 0 Å². The molecule has 0 spiro atoms. The highest BCUT2D eigenvalue weighted by Gasteiger charge is 2.18. The Morgan fingerprint density at radius 1 is 1.43 bits per heavy atom. The van der Waals surface area contributed by atoms with Crippen LogP contribution in [0, 0.1) is 6.92 Å². The molecule has 3 aromatic rings. The molecule has 0 aliphatic rings. The van der Waals surface area contributed by atoms with E-state index < -0.39 is 0 Å². The molecular formula is C14H15N5O2. The van der Waals surface area contributed by atoms with E-state index in [1.165, 1.54) is 4.90 Å². The minimum atomic E-state index is -0.229. The number of carbonyl (C=O) groups is 1. The van der Waals surface area contributed by atoms with E-state index in [4.69, 9.17) is 10.2 Å². The molecule has 21 heavy (non-hydrogen) atoms. The number of rotatable bonds is 3. The number of aryl methyl sites for hydroxylation is 1. The Morgan fingerprint density at radius 3 is 2.95 bits per heavy atom. The van der Waals surface area contributed by atoms with Crippen molar-refractivity contribution in [1.82, 2.24) is 20.1 Å². The van der Waals surface area contributed by atoms with Gasteiger partial charge in [0.25, 0.3) is 5.91 Å². The Hall–Kier alpha value is -2.83. The summed E-state index contributed by atoms with van der Waals surface area (Å²) in [6.45, 7) is 2.12. The first-order valence-corrected chi connectivity index (χ1v) is 6.45. The van der Waals surface area contributed by atoms with Gasteiger partial charge in [0, 0.05) is 18.1 Å². The number of H-pyrrole nitrogens is 1. The van der Waals surface area contributed by atoms with Gasteiger partial charge in [-0.1, -0.05) is 0 Å². The molecule has 0 bridgehead atoms. The van der Waals surface area contributed by atoms with Crippen LogP contribution in [0.2, 0.25) is 0 Å². The van der Waals surface area contributed by atoms with E-state index in [1.54, 1.807) is 31.3 Å². The average molecular weight is 285 g/mol. The SMILES string of the molecule is Cc1nc(CN(C)C(=O)c2cc3cc(N)ccc3o2)n[nH]1. The van der Waals surface area contributed by atoms with E-state index in [1.807, 2.05) is 6.92 Å². The third-order valence-corrected chi connectivity index (χ3v) is 3.12. The number of furan rings is 1. The molecule has 7 heteroatoms. The van der Waals surface area contributed by atoms with Crippen molar-refractivity contribution < 1.29 is 9.21 Å². The maximum absolute atomic E-state index is 12.3. The lowest BCUT2D eigenvalue weighted by Gasteiger charge is -2.12. The molecule has 3 N–H and O–H groups in total. The number of amides is 1. The van der Waals surface area contributed by atoms with Gasteiger partial charge in [-0.15, -0.1) is 0 Å². The Balaban J connectivity index is 1.82. The first-order valence-electron chi connectivity index (χ1n) is 6.45. The van der Waals surface area contributed by atoms with E-state index in [0.29, 0.717) is 29.5 Å². The molecule has 1 amide bonds. The first kappa shape index (κ1) is 13.2. The van der Waals surface area contributed by atoms with Gasteiger partial charge in [-0.25, -0.2) is 4.98 Å². The standard InChI is InChI=1S/C14H15N5O2/c1-8-16-13(18-17-8)7-19(2)14(20)12-6-9-5-10(15)3-4-11(9)21-12/h3-6H,7,15H2,1-2H3,(H,16,17,18). The molecule has 0 saturated carbocycles. The molecule has 0 radical (unpaired) electrons. The Kier molecular flexibility index (Phi) is 3.09. The number of hydrogen-bond donors (Lipinski definition) is 2. The van der Waals surface area contributed by atoms with Gasteiger partial charge in [0.2, 0.25) is 0 Å². The fraction of sp³-hybridized carbons (Fsp3) is 0.214.